The molecule has 0 bridgehead atoms. The molecule has 1 fully saturated rings. The number of anilines is 1. The second kappa shape index (κ2) is 13.9. The summed E-state index contributed by atoms with van der Waals surface area (Å²) in [6.07, 6.45) is 2.60. The maximum absolute atomic E-state index is 14.1. The number of piperidine rings is 1. The Hall–Kier alpha value is -4.19. The van der Waals surface area contributed by atoms with Crippen molar-refractivity contribution in [3.8, 4) is 0 Å². The Balaban J connectivity index is 1.30. The lowest BCUT2D eigenvalue weighted by molar-refractivity contribution is -0.122. The van der Waals surface area contributed by atoms with Gasteiger partial charge in [0.25, 0.3) is 0 Å². The molecule has 2 aromatic rings. The maximum atomic E-state index is 14.1. The quantitative estimate of drug-likeness (QED) is 0.278. The average molecular weight is 600 g/mol. The zero-order valence-corrected chi connectivity index (χ0v) is 24.4. The molecule has 1 atom stereocenters. The number of rotatable bonds is 10. The van der Waals surface area contributed by atoms with Crippen LogP contribution in [0.2, 0.25) is 0 Å². The van der Waals surface area contributed by atoms with E-state index in [9.17, 15) is 32.3 Å². The zero-order chi connectivity index (χ0) is 31.3. The number of nitrogens with zero attached hydrogens (tertiary/aromatic N) is 2. The van der Waals surface area contributed by atoms with E-state index >= 15 is 0 Å². The lowest BCUT2D eigenvalue weighted by Crippen LogP contribution is -2.51. The van der Waals surface area contributed by atoms with Gasteiger partial charge in [-0.1, -0.05) is 12.1 Å². The number of likely N-dealkylation sites (tertiary alicyclic amines) is 1. The van der Waals surface area contributed by atoms with Crippen molar-refractivity contribution >= 4 is 29.3 Å². The Labute approximate surface area is 248 Å². The van der Waals surface area contributed by atoms with E-state index in [1.54, 1.807) is 0 Å². The number of benzene rings is 2. The SMILES string of the molecule is CC(=O)Nc1cccc(C2CCN(CCCNC(=O)CN3C(=O)NC(C)=C(C(C)=O)C3c3cc(F)c(F)c(F)c3)CC2)c1. The van der Waals surface area contributed by atoms with E-state index in [0.717, 1.165) is 55.2 Å². The molecule has 2 heterocycles. The summed E-state index contributed by atoms with van der Waals surface area (Å²) in [6, 6.07) is 7.36. The monoisotopic (exact) mass is 599 g/mol. The van der Waals surface area contributed by atoms with Crippen LogP contribution in [0.1, 0.15) is 63.1 Å². The Morgan fingerprint density at radius 3 is 2.30 bits per heavy atom. The average Bonchev–Trinajstić information content (AvgIpc) is 2.95. The van der Waals surface area contributed by atoms with Gasteiger partial charge in [-0.25, -0.2) is 18.0 Å². The lowest BCUT2D eigenvalue weighted by Gasteiger charge is -2.37. The summed E-state index contributed by atoms with van der Waals surface area (Å²) < 4.78 is 41.8. The molecule has 0 radical (unpaired) electrons. The number of carbonyl (C=O) groups excluding carboxylic acids is 4. The summed E-state index contributed by atoms with van der Waals surface area (Å²) in [5, 5.41) is 8.12. The van der Waals surface area contributed by atoms with Crippen molar-refractivity contribution < 1.29 is 32.3 Å². The Kier molecular flexibility index (Phi) is 10.2. The van der Waals surface area contributed by atoms with Crippen LogP contribution in [0.15, 0.2) is 47.7 Å². The van der Waals surface area contributed by atoms with Crippen LogP contribution in [-0.2, 0) is 14.4 Å². The highest BCUT2D eigenvalue weighted by molar-refractivity contribution is 5.99. The number of carbonyl (C=O) groups is 4. The molecule has 0 aliphatic carbocycles. The van der Waals surface area contributed by atoms with Crippen LogP contribution in [0.25, 0.3) is 0 Å². The molecular formula is C31H36F3N5O4. The van der Waals surface area contributed by atoms with Crippen LogP contribution in [0.3, 0.4) is 0 Å². The van der Waals surface area contributed by atoms with Gasteiger partial charge in [-0.05, 0) is 94.1 Å². The van der Waals surface area contributed by atoms with Crippen LogP contribution >= 0.6 is 0 Å². The molecule has 9 nitrogen and oxygen atoms in total. The molecule has 230 valence electrons. The van der Waals surface area contributed by atoms with Crippen LogP contribution in [-0.4, -0.2) is 66.2 Å². The molecule has 12 heteroatoms. The van der Waals surface area contributed by atoms with Crippen molar-refractivity contribution in [3.05, 3.63) is 76.2 Å². The third kappa shape index (κ3) is 7.81. The largest absolute Gasteiger partial charge is 0.355 e. The zero-order valence-electron chi connectivity index (χ0n) is 24.4. The number of urea groups is 1. The van der Waals surface area contributed by atoms with Crippen molar-refractivity contribution in [2.45, 2.75) is 52.0 Å². The van der Waals surface area contributed by atoms with Gasteiger partial charge in [0.15, 0.2) is 23.2 Å². The molecule has 2 aromatic carbocycles. The fourth-order valence-corrected chi connectivity index (χ4v) is 5.78. The van der Waals surface area contributed by atoms with Gasteiger partial charge in [-0.15, -0.1) is 0 Å². The standard InChI is InChI=1S/C31H36F3N5O4/c1-18-28(19(2)40)30(23-15-25(32)29(34)26(33)16-23)39(31(43)36-18)17-27(42)35-10-5-11-38-12-8-21(9-13-38)22-6-4-7-24(14-22)37-20(3)41/h4,6-7,14-16,21,30H,5,8-13,17H2,1-3H3,(H,35,42)(H,36,43)(H,37,41). The van der Waals surface area contributed by atoms with Gasteiger partial charge in [0.05, 0.1) is 6.04 Å². The van der Waals surface area contributed by atoms with Gasteiger partial charge >= 0.3 is 6.03 Å². The van der Waals surface area contributed by atoms with E-state index < -0.39 is 47.8 Å². The molecule has 2 aliphatic heterocycles. The van der Waals surface area contributed by atoms with E-state index in [4.69, 9.17) is 0 Å². The smallest absolute Gasteiger partial charge is 0.322 e. The molecule has 2 aliphatic rings. The summed E-state index contributed by atoms with van der Waals surface area (Å²) in [5.74, 6) is -5.29. The predicted octanol–water partition coefficient (Wildman–Crippen LogP) is 4.38. The topological polar surface area (TPSA) is 111 Å². The molecule has 4 amide bonds. The predicted molar refractivity (Wildman–Crippen MR) is 154 cm³/mol. The molecule has 1 unspecified atom stereocenters. The van der Waals surface area contributed by atoms with E-state index in [1.165, 1.54) is 26.3 Å². The minimum Gasteiger partial charge on any atom is -0.355 e. The van der Waals surface area contributed by atoms with Crippen LogP contribution in [0.5, 0.6) is 0 Å². The van der Waals surface area contributed by atoms with E-state index in [0.29, 0.717) is 18.9 Å². The molecule has 0 spiro atoms. The molecule has 0 saturated carbocycles. The maximum Gasteiger partial charge on any atom is 0.322 e. The summed E-state index contributed by atoms with van der Waals surface area (Å²) in [7, 11) is 0. The summed E-state index contributed by atoms with van der Waals surface area (Å²) in [4.78, 5) is 52.9. The first-order valence-corrected chi connectivity index (χ1v) is 14.2. The minimum atomic E-state index is -1.67. The Bertz CT molecular complexity index is 1420. The molecule has 3 N–H and O–H groups in total. The van der Waals surface area contributed by atoms with E-state index in [-0.39, 0.29) is 22.7 Å². The first-order valence-electron chi connectivity index (χ1n) is 14.2. The molecule has 43 heavy (non-hydrogen) atoms. The molecule has 1 saturated heterocycles. The lowest BCUT2D eigenvalue weighted by atomic mass is 9.89. The summed E-state index contributed by atoms with van der Waals surface area (Å²) >= 11 is 0. The number of Topliss-reactive ketones (excluding diaryl/α,β-unsaturated/α-hetero) is 1. The first kappa shape index (κ1) is 31.7. The Morgan fingerprint density at radius 1 is 1.00 bits per heavy atom. The normalized spacial score (nSPS) is 18.0. The first-order chi connectivity index (χ1) is 20.4. The van der Waals surface area contributed by atoms with Crippen molar-refractivity contribution in [2.24, 2.45) is 0 Å². The third-order valence-corrected chi connectivity index (χ3v) is 7.80. The van der Waals surface area contributed by atoms with Crippen LogP contribution in [0, 0.1) is 17.5 Å². The van der Waals surface area contributed by atoms with Crippen molar-refractivity contribution in [2.75, 3.05) is 38.0 Å². The Morgan fingerprint density at radius 2 is 1.67 bits per heavy atom. The number of nitrogens with one attached hydrogen (secondary N) is 3. The van der Waals surface area contributed by atoms with Crippen LogP contribution < -0.4 is 16.0 Å². The highest BCUT2D eigenvalue weighted by atomic mass is 19.2. The van der Waals surface area contributed by atoms with Gasteiger partial charge in [-0.2, -0.15) is 0 Å². The number of allylic oxidation sites excluding steroid dienone is 1. The van der Waals surface area contributed by atoms with Crippen molar-refractivity contribution in [1.29, 1.82) is 0 Å². The van der Waals surface area contributed by atoms with Gasteiger partial charge in [0.2, 0.25) is 11.8 Å². The van der Waals surface area contributed by atoms with E-state index in [1.807, 2.05) is 18.2 Å². The molecule has 0 aromatic heterocycles. The van der Waals surface area contributed by atoms with Crippen molar-refractivity contribution in [3.63, 3.8) is 0 Å². The highest BCUT2D eigenvalue weighted by Gasteiger charge is 2.38. The van der Waals surface area contributed by atoms with Crippen LogP contribution in [0.4, 0.5) is 23.7 Å². The second-order valence-corrected chi connectivity index (χ2v) is 11.0. The number of hydrogen-bond donors (Lipinski definition) is 3. The number of ketones is 1. The van der Waals surface area contributed by atoms with Gasteiger partial charge in [0, 0.05) is 30.4 Å². The summed E-state index contributed by atoms with van der Waals surface area (Å²) in [6.45, 7) is 6.60. The van der Waals surface area contributed by atoms with Crippen molar-refractivity contribution in [1.82, 2.24) is 20.4 Å². The number of hydrogen-bond acceptors (Lipinski definition) is 5. The molecule has 4 rings (SSSR count). The van der Waals surface area contributed by atoms with Gasteiger partial charge < -0.3 is 25.8 Å². The van der Waals surface area contributed by atoms with E-state index in [2.05, 4.69) is 26.9 Å². The molecular weight excluding hydrogens is 563 g/mol. The minimum absolute atomic E-state index is 0.0445. The highest BCUT2D eigenvalue weighted by Crippen LogP contribution is 2.35. The number of amides is 4. The second-order valence-electron chi connectivity index (χ2n) is 11.0. The van der Waals surface area contributed by atoms with Gasteiger partial charge in [0.1, 0.15) is 6.54 Å². The summed E-state index contributed by atoms with van der Waals surface area (Å²) in [5.41, 5.74) is 2.06. The third-order valence-electron chi connectivity index (χ3n) is 7.80. The van der Waals surface area contributed by atoms with Gasteiger partial charge in [-0.3, -0.25) is 14.4 Å². The number of halogens is 3. The fourth-order valence-electron chi connectivity index (χ4n) is 5.78. The fraction of sp³-hybridized carbons (Fsp3) is 0.419.